The van der Waals surface area contributed by atoms with Gasteiger partial charge < -0.3 is 19.2 Å². The fourth-order valence-corrected chi connectivity index (χ4v) is 2.29. The highest BCUT2D eigenvalue weighted by molar-refractivity contribution is 6.05. The summed E-state index contributed by atoms with van der Waals surface area (Å²) in [6.45, 7) is 7.46. The number of carbonyl (C=O) groups excluding carboxylic acids is 1. The van der Waals surface area contributed by atoms with E-state index in [-0.39, 0.29) is 12.0 Å². The van der Waals surface area contributed by atoms with Crippen LogP contribution in [0.3, 0.4) is 0 Å². The van der Waals surface area contributed by atoms with E-state index in [9.17, 15) is 9.59 Å². The summed E-state index contributed by atoms with van der Waals surface area (Å²) >= 11 is 0. The Morgan fingerprint density at radius 2 is 2.08 bits per heavy atom. The number of amides is 1. The molecule has 0 atom stereocenters. The molecule has 130 valence electrons. The second kappa shape index (κ2) is 8.49. The molecule has 1 heterocycles. The molecule has 0 bridgehead atoms. The zero-order valence-corrected chi connectivity index (χ0v) is 14.3. The van der Waals surface area contributed by atoms with Crippen LogP contribution < -0.4 is 15.7 Å². The van der Waals surface area contributed by atoms with Gasteiger partial charge in [0.2, 0.25) is 0 Å². The van der Waals surface area contributed by atoms with Gasteiger partial charge in [0.15, 0.2) is 0 Å². The maximum atomic E-state index is 12.3. The second-order valence-corrected chi connectivity index (χ2v) is 5.61. The molecule has 24 heavy (non-hydrogen) atoms. The first-order valence-electron chi connectivity index (χ1n) is 8.11. The Labute approximate surface area is 140 Å². The number of hydrogen-bond acceptors (Lipinski definition) is 5. The van der Waals surface area contributed by atoms with Gasteiger partial charge in [0, 0.05) is 37.3 Å². The summed E-state index contributed by atoms with van der Waals surface area (Å²) in [6.07, 6.45) is 0.719. The predicted molar refractivity (Wildman–Crippen MR) is 91.7 cm³/mol. The lowest BCUT2D eigenvalue weighted by atomic mass is 10.1. The Morgan fingerprint density at radius 1 is 1.29 bits per heavy atom. The molecule has 6 nitrogen and oxygen atoms in total. The molecule has 1 aromatic carbocycles. The zero-order valence-electron chi connectivity index (χ0n) is 14.3. The van der Waals surface area contributed by atoms with Gasteiger partial charge in [-0.3, -0.25) is 4.79 Å². The minimum Gasteiger partial charge on any atom is -0.491 e. The quantitative estimate of drug-likeness (QED) is 0.594. The Kier molecular flexibility index (Phi) is 6.37. The summed E-state index contributed by atoms with van der Waals surface area (Å²) in [7, 11) is 0. The van der Waals surface area contributed by atoms with E-state index in [0.29, 0.717) is 48.5 Å². The van der Waals surface area contributed by atoms with E-state index in [2.05, 4.69) is 5.32 Å². The van der Waals surface area contributed by atoms with E-state index in [1.165, 1.54) is 6.07 Å². The Morgan fingerprint density at radius 3 is 2.79 bits per heavy atom. The van der Waals surface area contributed by atoms with Crippen LogP contribution in [0.25, 0.3) is 11.0 Å². The number of benzene rings is 1. The molecule has 1 amide bonds. The molecule has 1 aromatic heterocycles. The lowest BCUT2D eigenvalue weighted by Crippen LogP contribution is -2.26. The highest BCUT2D eigenvalue weighted by Gasteiger charge is 2.14. The molecule has 0 spiro atoms. The number of ether oxygens (including phenoxy) is 2. The number of carbonyl (C=O) groups is 1. The van der Waals surface area contributed by atoms with Crippen LogP contribution in [-0.2, 0) is 4.74 Å². The Bertz CT molecular complexity index is 751. The third kappa shape index (κ3) is 4.83. The average Bonchev–Trinajstić information content (AvgIpc) is 2.52. The molecule has 0 aliphatic carbocycles. The number of rotatable bonds is 8. The first-order valence-corrected chi connectivity index (χ1v) is 8.11. The van der Waals surface area contributed by atoms with Gasteiger partial charge in [0.1, 0.15) is 11.3 Å². The van der Waals surface area contributed by atoms with E-state index in [1.807, 2.05) is 20.8 Å². The van der Waals surface area contributed by atoms with Crippen molar-refractivity contribution in [3.05, 3.63) is 40.2 Å². The van der Waals surface area contributed by atoms with Crippen LogP contribution in [-0.4, -0.2) is 31.8 Å². The Balaban J connectivity index is 2.20. The molecule has 1 N–H and O–H groups in total. The molecule has 0 saturated carbocycles. The second-order valence-electron chi connectivity index (χ2n) is 5.61. The van der Waals surface area contributed by atoms with Crippen molar-refractivity contribution in [2.45, 2.75) is 33.3 Å². The number of nitrogens with one attached hydrogen (secondary N) is 1. The van der Waals surface area contributed by atoms with Gasteiger partial charge in [0.05, 0.1) is 11.7 Å². The molecular weight excluding hydrogens is 310 g/mol. The van der Waals surface area contributed by atoms with Crippen LogP contribution >= 0.6 is 0 Å². The number of fused-ring (bicyclic) bond motifs is 1. The number of hydrogen-bond donors (Lipinski definition) is 1. The van der Waals surface area contributed by atoms with Crippen LogP contribution in [0.1, 0.15) is 37.6 Å². The highest BCUT2D eigenvalue weighted by Crippen LogP contribution is 2.23. The molecule has 0 aliphatic rings. The van der Waals surface area contributed by atoms with Gasteiger partial charge >= 0.3 is 5.63 Å². The van der Waals surface area contributed by atoms with E-state index in [4.69, 9.17) is 13.9 Å². The van der Waals surface area contributed by atoms with E-state index in [1.54, 1.807) is 18.2 Å². The zero-order chi connectivity index (χ0) is 17.5. The van der Waals surface area contributed by atoms with Crippen molar-refractivity contribution < 1.29 is 18.7 Å². The summed E-state index contributed by atoms with van der Waals surface area (Å²) in [5.74, 6) is 0.289. The van der Waals surface area contributed by atoms with E-state index < -0.39 is 5.63 Å². The third-order valence-electron chi connectivity index (χ3n) is 3.29. The molecule has 2 rings (SSSR count). The smallest absolute Gasteiger partial charge is 0.337 e. The molecule has 0 fully saturated rings. The van der Waals surface area contributed by atoms with Crippen LogP contribution in [0.2, 0.25) is 0 Å². The summed E-state index contributed by atoms with van der Waals surface area (Å²) in [5, 5.41) is 3.37. The molecule has 6 heteroatoms. The van der Waals surface area contributed by atoms with Crippen molar-refractivity contribution in [1.29, 1.82) is 0 Å². The minimum atomic E-state index is -0.566. The molecular formula is C18H23NO5. The van der Waals surface area contributed by atoms with Crippen molar-refractivity contribution in [3.8, 4) is 5.75 Å². The van der Waals surface area contributed by atoms with Gasteiger partial charge in [-0.1, -0.05) is 0 Å². The molecule has 0 aliphatic heterocycles. The molecule has 2 aromatic rings. The fraction of sp³-hybridized carbons (Fsp3) is 0.444. The van der Waals surface area contributed by atoms with Crippen LogP contribution in [0.5, 0.6) is 5.75 Å². The fourth-order valence-electron chi connectivity index (χ4n) is 2.29. The molecule has 0 unspecified atom stereocenters. The summed E-state index contributed by atoms with van der Waals surface area (Å²) < 4.78 is 16.0. The van der Waals surface area contributed by atoms with Crippen molar-refractivity contribution in [1.82, 2.24) is 5.32 Å². The topological polar surface area (TPSA) is 77.8 Å². The highest BCUT2D eigenvalue weighted by atomic mass is 16.5. The van der Waals surface area contributed by atoms with Gasteiger partial charge in [0.25, 0.3) is 5.91 Å². The normalized spacial score (nSPS) is 11.0. The van der Waals surface area contributed by atoms with Gasteiger partial charge in [-0.15, -0.1) is 0 Å². The monoisotopic (exact) mass is 333 g/mol. The maximum Gasteiger partial charge on any atom is 0.337 e. The van der Waals surface area contributed by atoms with Gasteiger partial charge in [-0.05, 0) is 39.3 Å². The predicted octanol–water partition coefficient (Wildman–Crippen LogP) is 2.74. The van der Waals surface area contributed by atoms with Crippen molar-refractivity contribution in [2.75, 3.05) is 19.8 Å². The first kappa shape index (κ1) is 18.0. The van der Waals surface area contributed by atoms with Gasteiger partial charge in [-0.25, -0.2) is 4.79 Å². The van der Waals surface area contributed by atoms with Crippen molar-refractivity contribution in [3.63, 3.8) is 0 Å². The molecule has 0 radical (unpaired) electrons. The Hall–Kier alpha value is -2.34. The van der Waals surface area contributed by atoms with Gasteiger partial charge in [-0.2, -0.15) is 0 Å². The lowest BCUT2D eigenvalue weighted by Gasteiger charge is -2.11. The average molecular weight is 333 g/mol. The van der Waals surface area contributed by atoms with E-state index >= 15 is 0 Å². The van der Waals surface area contributed by atoms with E-state index in [0.717, 1.165) is 0 Å². The van der Waals surface area contributed by atoms with Crippen molar-refractivity contribution in [2.24, 2.45) is 0 Å². The summed E-state index contributed by atoms with van der Waals surface area (Å²) in [6, 6.07) is 6.32. The van der Waals surface area contributed by atoms with Crippen LogP contribution in [0, 0.1) is 0 Å². The van der Waals surface area contributed by atoms with Crippen LogP contribution in [0.15, 0.2) is 33.5 Å². The maximum absolute atomic E-state index is 12.3. The SMILES string of the molecule is CCOCCCNC(=O)c1cc(=O)oc2cc(OC(C)C)ccc12. The third-order valence-corrected chi connectivity index (χ3v) is 3.29. The standard InChI is InChI=1S/C18H23NO5/c1-4-22-9-5-8-19-18(21)15-11-17(20)24-16-10-13(23-12(2)3)6-7-14(15)16/h6-7,10-12H,4-5,8-9H2,1-3H3,(H,19,21). The summed E-state index contributed by atoms with van der Waals surface area (Å²) in [4.78, 5) is 24.1. The lowest BCUT2D eigenvalue weighted by molar-refractivity contribution is 0.0945. The van der Waals surface area contributed by atoms with Crippen LogP contribution in [0.4, 0.5) is 0 Å². The minimum absolute atomic E-state index is 0.00555. The largest absolute Gasteiger partial charge is 0.491 e. The summed E-state index contributed by atoms with van der Waals surface area (Å²) in [5.41, 5.74) is 0.0672. The first-order chi connectivity index (χ1) is 11.5. The van der Waals surface area contributed by atoms with Crippen molar-refractivity contribution >= 4 is 16.9 Å². The molecule has 0 saturated heterocycles.